The number of nitrogens with zero attached hydrogens (tertiary/aromatic N) is 1. The molecule has 0 unspecified atom stereocenters. The lowest BCUT2D eigenvalue weighted by Crippen LogP contribution is -2.28. The lowest BCUT2D eigenvalue weighted by molar-refractivity contribution is 0.273. The van der Waals surface area contributed by atoms with E-state index in [2.05, 4.69) is 41.3 Å². The molecule has 0 radical (unpaired) electrons. The second kappa shape index (κ2) is 6.58. The van der Waals surface area contributed by atoms with Gasteiger partial charge in [0.1, 0.15) is 0 Å². The predicted octanol–water partition coefficient (Wildman–Crippen LogP) is 2.59. The van der Waals surface area contributed by atoms with Crippen LogP contribution in [0.4, 0.5) is 0 Å². The molecule has 0 aromatic heterocycles. The largest absolute Gasteiger partial charge is 0.396 e. The maximum absolute atomic E-state index is 8.81. The normalized spacial score (nSPS) is 16.9. The Labute approximate surface area is 104 Å². The van der Waals surface area contributed by atoms with Gasteiger partial charge in [-0.2, -0.15) is 0 Å². The van der Waals surface area contributed by atoms with Gasteiger partial charge < -0.3 is 5.11 Å². The molecule has 2 heteroatoms. The Balaban J connectivity index is 1.81. The van der Waals surface area contributed by atoms with Crippen LogP contribution in [0.15, 0.2) is 42.0 Å². The van der Waals surface area contributed by atoms with Crippen LogP contribution in [0.1, 0.15) is 24.8 Å². The summed E-state index contributed by atoms with van der Waals surface area (Å²) < 4.78 is 0. The molecule has 2 rings (SSSR count). The van der Waals surface area contributed by atoms with E-state index in [1.54, 1.807) is 0 Å². The molecule has 0 amide bonds. The Bertz CT molecular complexity index is 358. The summed E-state index contributed by atoms with van der Waals surface area (Å²) >= 11 is 0. The zero-order valence-corrected chi connectivity index (χ0v) is 10.3. The van der Waals surface area contributed by atoms with Crippen LogP contribution in [0.3, 0.4) is 0 Å². The summed E-state index contributed by atoms with van der Waals surface area (Å²) in [6, 6.07) is 10.6. The molecule has 0 fully saturated rings. The van der Waals surface area contributed by atoms with Gasteiger partial charge >= 0.3 is 0 Å². The molecular formula is C15H21NO. The Morgan fingerprint density at radius 3 is 2.65 bits per heavy atom. The zero-order valence-electron chi connectivity index (χ0n) is 10.3. The van der Waals surface area contributed by atoms with Crippen molar-refractivity contribution in [2.45, 2.75) is 25.8 Å². The Morgan fingerprint density at radius 1 is 1.18 bits per heavy atom. The summed E-state index contributed by atoms with van der Waals surface area (Å²) in [6.07, 6.45) is 5.47. The van der Waals surface area contributed by atoms with Crippen LogP contribution in [0.5, 0.6) is 0 Å². The van der Waals surface area contributed by atoms with Gasteiger partial charge in [0.2, 0.25) is 0 Å². The van der Waals surface area contributed by atoms with Crippen molar-refractivity contribution in [3.63, 3.8) is 0 Å². The van der Waals surface area contributed by atoms with Crippen LogP contribution < -0.4 is 0 Å². The topological polar surface area (TPSA) is 23.5 Å². The lowest BCUT2D eigenvalue weighted by Gasteiger charge is -2.26. The van der Waals surface area contributed by atoms with Crippen molar-refractivity contribution in [1.82, 2.24) is 4.90 Å². The highest BCUT2D eigenvalue weighted by molar-refractivity contribution is 5.15. The standard InChI is InChI=1S/C15H21NO/c17-12-4-7-14-8-10-16(11-9-14)13-15-5-2-1-3-6-15/h1-3,5-6,8,17H,4,7,9-13H2. The van der Waals surface area contributed by atoms with Crippen molar-refractivity contribution in [2.75, 3.05) is 19.7 Å². The Kier molecular flexibility index (Phi) is 4.77. The van der Waals surface area contributed by atoms with Gasteiger partial charge in [0.25, 0.3) is 0 Å². The molecule has 0 bridgehead atoms. The summed E-state index contributed by atoms with van der Waals surface area (Å²) in [5.41, 5.74) is 2.91. The average molecular weight is 231 g/mol. The van der Waals surface area contributed by atoms with Crippen molar-refractivity contribution in [1.29, 1.82) is 0 Å². The highest BCUT2D eigenvalue weighted by Gasteiger charge is 2.11. The molecule has 1 aliphatic rings. The molecule has 92 valence electrons. The fraction of sp³-hybridized carbons (Fsp3) is 0.467. The summed E-state index contributed by atoms with van der Waals surface area (Å²) in [5.74, 6) is 0. The van der Waals surface area contributed by atoms with Crippen LogP contribution in [-0.4, -0.2) is 29.7 Å². The van der Waals surface area contributed by atoms with E-state index in [-0.39, 0.29) is 0 Å². The molecule has 1 heterocycles. The molecule has 2 nitrogen and oxygen atoms in total. The molecule has 1 aromatic carbocycles. The van der Waals surface area contributed by atoms with Crippen molar-refractivity contribution in [3.05, 3.63) is 47.5 Å². The second-order valence-corrected chi connectivity index (χ2v) is 4.66. The summed E-state index contributed by atoms with van der Waals surface area (Å²) in [5, 5.41) is 8.81. The first-order valence-corrected chi connectivity index (χ1v) is 6.43. The highest BCUT2D eigenvalue weighted by atomic mass is 16.2. The molecule has 0 atom stereocenters. The van der Waals surface area contributed by atoms with Crippen molar-refractivity contribution in [2.24, 2.45) is 0 Å². The number of hydrogen-bond donors (Lipinski definition) is 1. The second-order valence-electron chi connectivity index (χ2n) is 4.66. The van der Waals surface area contributed by atoms with Crippen LogP contribution in [0.25, 0.3) is 0 Å². The lowest BCUT2D eigenvalue weighted by atomic mass is 10.0. The van der Waals surface area contributed by atoms with E-state index in [4.69, 9.17) is 5.11 Å². The molecule has 0 saturated carbocycles. The first-order valence-electron chi connectivity index (χ1n) is 6.43. The third-order valence-electron chi connectivity index (χ3n) is 3.29. The molecule has 17 heavy (non-hydrogen) atoms. The first kappa shape index (κ1) is 12.3. The van der Waals surface area contributed by atoms with E-state index in [0.29, 0.717) is 6.61 Å². The van der Waals surface area contributed by atoms with Gasteiger partial charge in [-0.3, -0.25) is 4.90 Å². The fourth-order valence-corrected chi connectivity index (χ4v) is 2.27. The quantitative estimate of drug-likeness (QED) is 0.787. The van der Waals surface area contributed by atoms with Gasteiger partial charge in [0, 0.05) is 26.2 Å². The molecule has 1 N–H and O–H groups in total. The number of aliphatic hydroxyl groups is 1. The van der Waals surface area contributed by atoms with Crippen molar-refractivity contribution >= 4 is 0 Å². The molecule has 0 saturated heterocycles. The van der Waals surface area contributed by atoms with Crippen LogP contribution in [0.2, 0.25) is 0 Å². The molecular weight excluding hydrogens is 210 g/mol. The number of rotatable bonds is 5. The van der Waals surface area contributed by atoms with Crippen molar-refractivity contribution in [3.8, 4) is 0 Å². The number of aliphatic hydroxyl groups excluding tert-OH is 1. The third-order valence-corrected chi connectivity index (χ3v) is 3.29. The molecule has 0 spiro atoms. The Morgan fingerprint density at radius 2 is 2.00 bits per heavy atom. The van der Waals surface area contributed by atoms with Crippen LogP contribution >= 0.6 is 0 Å². The SMILES string of the molecule is OCCCC1=CCN(Cc2ccccc2)CC1. The van der Waals surface area contributed by atoms with E-state index in [1.165, 1.54) is 11.1 Å². The van der Waals surface area contributed by atoms with Gasteiger partial charge in [-0.15, -0.1) is 0 Å². The van der Waals surface area contributed by atoms with Gasteiger partial charge in [-0.05, 0) is 24.8 Å². The first-order chi connectivity index (χ1) is 8.38. The summed E-state index contributed by atoms with van der Waals surface area (Å²) in [6.45, 7) is 3.55. The van der Waals surface area contributed by atoms with E-state index in [9.17, 15) is 0 Å². The van der Waals surface area contributed by atoms with Crippen molar-refractivity contribution < 1.29 is 5.11 Å². The summed E-state index contributed by atoms with van der Waals surface area (Å²) in [4.78, 5) is 2.47. The Hall–Kier alpha value is -1.12. The predicted molar refractivity (Wildman–Crippen MR) is 70.7 cm³/mol. The number of benzene rings is 1. The fourth-order valence-electron chi connectivity index (χ4n) is 2.27. The van der Waals surface area contributed by atoms with Gasteiger partial charge in [-0.1, -0.05) is 42.0 Å². The van der Waals surface area contributed by atoms with Gasteiger partial charge in [0.05, 0.1) is 0 Å². The average Bonchev–Trinajstić information content (AvgIpc) is 2.39. The van der Waals surface area contributed by atoms with Crippen LogP contribution in [-0.2, 0) is 6.54 Å². The van der Waals surface area contributed by atoms with Crippen LogP contribution in [0, 0.1) is 0 Å². The van der Waals surface area contributed by atoms with Gasteiger partial charge in [-0.25, -0.2) is 0 Å². The molecule has 1 aliphatic heterocycles. The molecule has 1 aromatic rings. The summed E-state index contributed by atoms with van der Waals surface area (Å²) in [7, 11) is 0. The zero-order chi connectivity index (χ0) is 11.9. The number of hydrogen-bond acceptors (Lipinski definition) is 2. The molecule has 0 aliphatic carbocycles. The van der Waals surface area contributed by atoms with E-state index < -0.39 is 0 Å². The minimum absolute atomic E-state index is 0.311. The minimum Gasteiger partial charge on any atom is -0.396 e. The third kappa shape index (κ3) is 3.99. The van der Waals surface area contributed by atoms with E-state index in [1.807, 2.05) is 0 Å². The minimum atomic E-state index is 0.311. The highest BCUT2D eigenvalue weighted by Crippen LogP contribution is 2.17. The maximum Gasteiger partial charge on any atom is 0.0434 e. The van der Waals surface area contributed by atoms with Gasteiger partial charge in [0.15, 0.2) is 0 Å². The smallest absolute Gasteiger partial charge is 0.0434 e. The monoisotopic (exact) mass is 231 g/mol. The maximum atomic E-state index is 8.81. The van der Waals surface area contributed by atoms with E-state index >= 15 is 0 Å². The van der Waals surface area contributed by atoms with E-state index in [0.717, 1.165) is 38.9 Å².